The first-order valence-corrected chi connectivity index (χ1v) is 7.45. The van der Waals surface area contributed by atoms with E-state index in [4.69, 9.17) is 18.0 Å². The molecule has 1 N–H and O–H groups in total. The van der Waals surface area contributed by atoms with Crippen molar-refractivity contribution in [2.24, 2.45) is 5.92 Å². The summed E-state index contributed by atoms with van der Waals surface area (Å²) >= 11 is 6.10. The van der Waals surface area contributed by atoms with E-state index in [0.717, 1.165) is 18.8 Å². The Kier molecular flexibility index (Phi) is 5.08. The number of rotatable bonds is 3. The van der Waals surface area contributed by atoms with E-state index in [9.17, 15) is 4.79 Å². The maximum atomic E-state index is 12.3. The van der Waals surface area contributed by atoms with E-state index >= 15 is 0 Å². The maximum absolute atomic E-state index is 12.3. The van der Waals surface area contributed by atoms with Gasteiger partial charge in [0.2, 0.25) is 0 Å². The number of nitrogens with zero attached hydrogens (tertiary/aromatic N) is 2. The Morgan fingerprint density at radius 1 is 1.50 bits per heavy atom. The Balaban J connectivity index is 2.18. The second-order valence-electron chi connectivity index (χ2n) is 5.49. The van der Waals surface area contributed by atoms with Gasteiger partial charge >= 0.3 is 0 Å². The molecule has 2 atom stereocenters. The lowest BCUT2D eigenvalue weighted by Crippen LogP contribution is -2.29. The number of nitrogens with one attached hydrogen (secondary N) is 1. The van der Waals surface area contributed by atoms with Gasteiger partial charge in [-0.2, -0.15) is 5.10 Å². The number of hydrogen-bond acceptors (Lipinski definition) is 3. The quantitative estimate of drug-likeness (QED) is 0.688. The molecule has 1 aromatic heterocycles. The van der Waals surface area contributed by atoms with Gasteiger partial charge in [-0.25, -0.2) is 4.68 Å². The van der Waals surface area contributed by atoms with Crippen molar-refractivity contribution >= 4 is 17.3 Å². The van der Waals surface area contributed by atoms with E-state index in [1.807, 2.05) is 0 Å². The Hall–Kier alpha value is -1.47. The largest absolute Gasteiger partial charge is 0.377 e. The minimum absolute atomic E-state index is 0.159. The van der Waals surface area contributed by atoms with Crippen LogP contribution >= 0.6 is 11.6 Å². The predicted molar refractivity (Wildman–Crippen MR) is 82.0 cm³/mol. The summed E-state index contributed by atoms with van der Waals surface area (Å²) in [5.41, 5.74) is 0.184. The van der Waals surface area contributed by atoms with Gasteiger partial charge in [0.15, 0.2) is 0 Å². The first-order chi connectivity index (χ1) is 9.61. The Bertz CT molecular complexity index is 561. The Morgan fingerprint density at radius 3 is 3.05 bits per heavy atom. The van der Waals surface area contributed by atoms with Crippen molar-refractivity contribution in [3.05, 3.63) is 21.6 Å². The highest BCUT2D eigenvalue weighted by Crippen LogP contribution is 2.26. The minimum Gasteiger partial charge on any atom is -0.377 e. The van der Waals surface area contributed by atoms with Gasteiger partial charge in [-0.15, -0.1) is 6.42 Å². The third-order valence-corrected chi connectivity index (χ3v) is 4.13. The summed E-state index contributed by atoms with van der Waals surface area (Å²) in [5.74, 6) is 3.18. The summed E-state index contributed by atoms with van der Waals surface area (Å²) in [6.45, 7) is 2.44. The fourth-order valence-corrected chi connectivity index (χ4v) is 2.81. The smallest absolute Gasteiger partial charge is 0.292 e. The lowest BCUT2D eigenvalue weighted by molar-refractivity contribution is 0.502. The number of aromatic nitrogens is 2. The highest BCUT2D eigenvalue weighted by molar-refractivity contribution is 6.33. The van der Waals surface area contributed by atoms with Crippen LogP contribution in [0, 0.1) is 18.3 Å². The normalized spacial score (nSPS) is 22.9. The molecule has 5 heteroatoms. The van der Waals surface area contributed by atoms with Gasteiger partial charge in [-0.3, -0.25) is 4.79 Å². The van der Waals surface area contributed by atoms with Crippen LogP contribution in [0.25, 0.3) is 0 Å². The number of hydrogen-bond donors (Lipinski definition) is 1. The van der Waals surface area contributed by atoms with Crippen LogP contribution in [-0.4, -0.2) is 15.8 Å². The van der Waals surface area contributed by atoms with Crippen molar-refractivity contribution < 1.29 is 0 Å². The molecule has 0 amide bonds. The van der Waals surface area contributed by atoms with E-state index in [0.29, 0.717) is 16.8 Å². The van der Waals surface area contributed by atoms with E-state index < -0.39 is 0 Å². The Labute approximate surface area is 124 Å². The predicted octanol–water partition coefficient (Wildman–Crippen LogP) is 2.91. The summed E-state index contributed by atoms with van der Waals surface area (Å²) in [7, 11) is 0. The van der Waals surface area contributed by atoms with E-state index in [1.165, 1.54) is 30.1 Å². The molecule has 1 aliphatic carbocycles. The van der Waals surface area contributed by atoms with E-state index in [1.54, 1.807) is 0 Å². The van der Waals surface area contributed by atoms with Crippen LogP contribution in [0.3, 0.4) is 0 Å². The summed E-state index contributed by atoms with van der Waals surface area (Å²) in [4.78, 5) is 12.3. The monoisotopic (exact) mass is 293 g/mol. The average Bonchev–Trinajstić information content (AvgIpc) is 2.63. The molecule has 2 rings (SSSR count). The van der Waals surface area contributed by atoms with Crippen LogP contribution in [0.2, 0.25) is 5.02 Å². The lowest BCUT2D eigenvalue weighted by atomic mass is 10.0. The van der Waals surface area contributed by atoms with E-state index in [2.05, 4.69) is 23.3 Å². The van der Waals surface area contributed by atoms with Gasteiger partial charge in [-0.1, -0.05) is 37.3 Å². The molecule has 0 saturated heterocycles. The molecule has 20 heavy (non-hydrogen) atoms. The first kappa shape index (κ1) is 14.9. The molecule has 0 bridgehead atoms. The zero-order valence-corrected chi connectivity index (χ0v) is 12.5. The molecule has 2 unspecified atom stereocenters. The number of halogens is 1. The van der Waals surface area contributed by atoms with E-state index in [-0.39, 0.29) is 12.1 Å². The minimum atomic E-state index is -0.243. The van der Waals surface area contributed by atoms with Crippen LogP contribution in [0.15, 0.2) is 11.0 Å². The fraction of sp³-hybridized carbons (Fsp3) is 0.600. The Morgan fingerprint density at radius 2 is 2.30 bits per heavy atom. The third kappa shape index (κ3) is 3.55. The number of anilines is 1. The van der Waals surface area contributed by atoms with Gasteiger partial charge in [0.05, 0.1) is 11.2 Å². The summed E-state index contributed by atoms with van der Waals surface area (Å²) in [5, 5.41) is 7.61. The summed E-state index contributed by atoms with van der Waals surface area (Å²) < 4.78 is 1.26. The zero-order chi connectivity index (χ0) is 14.5. The van der Waals surface area contributed by atoms with Gasteiger partial charge in [0, 0.05) is 6.04 Å². The molecular formula is C15H20ClN3O. The zero-order valence-electron chi connectivity index (χ0n) is 11.7. The lowest BCUT2D eigenvalue weighted by Gasteiger charge is -2.18. The van der Waals surface area contributed by atoms with Crippen molar-refractivity contribution in [3.8, 4) is 12.3 Å². The van der Waals surface area contributed by atoms with Crippen LogP contribution in [0.5, 0.6) is 0 Å². The van der Waals surface area contributed by atoms with Crippen molar-refractivity contribution in [1.82, 2.24) is 9.78 Å². The summed E-state index contributed by atoms with van der Waals surface area (Å²) in [6.07, 6.45) is 12.5. The summed E-state index contributed by atoms with van der Waals surface area (Å²) in [6, 6.07) is 0.298. The molecule has 0 spiro atoms. The molecule has 108 valence electrons. The van der Waals surface area contributed by atoms with Crippen LogP contribution < -0.4 is 10.9 Å². The van der Waals surface area contributed by atoms with Crippen molar-refractivity contribution in [2.75, 3.05) is 5.32 Å². The fourth-order valence-electron chi connectivity index (χ4n) is 2.63. The number of terminal acetylenes is 1. The van der Waals surface area contributed by atoms with Gasteiger partial charge < -0.3 is 5.32 Å². The molecule has 4 nitrogen and oxygen atoms in total. The van der Waals surface area contributed by atoms with Crippen molar-refractivity contribution in [3.63, 3.8) is 0 Å². The third-order valence-electron chi connectivity index (χ3n) is 3.84. The molecule has 1 heterocycles. The van der Waals surface area contributed by atoms with Gasteiger partial charge in [0.1, 0.15) is 12.2 Å². The topological polar surface area (TPSA) is 46.9 Å². The first-order valence-electron chi connectivity index (χ1n) is 7.07. The molecule has 1 fully saturated rings. The molecule has 1 aliphatic rings. The molecule has 1 saturated carbocycles. The highest BCUT2D eigenvalue weighted by Gasteiger charge is 2.19. The molecule has 0 radical (unpaired) electrons. The standard InChI is InChI=1S/C15H20ClN3O/c1-3-9-19-15(20)14(13(16)10-17-19)18-12-6-4-5-11(2)7-8-12/h1,10-12,18H,4-9H2,2H3. The average molecular weight is 294 g/mol. The molecule has 1 aromatic rings. The van der Waals surface area contributed by atoms with Gasteiger partial charge in [0.25, 0.3) is 5.56 Å². The highest BCUT2D eigenvalue weighted by atomic mass is 35.5. The van der Waals surface area contributed by atoms with Crippen molar-refractivity contribution in [1.29, 1.82) is 0 Å². The van der Waals surface area contributed by atoms with Gasteiger partial charge in [-0.05, 0) is 25.2 Å². The van der Waals surface area contributed by atoms with Crippen LogP contribution in [0.1, 0.15) is 39.0 Å². The molecule has 0 aromatic carbocycles. The second-order valence-corrected chi connectivity index (χ2v) is 5.90. The second kappa shape index (κ2) is 6.81. The molecule has 0 aliphatic heterocycles. The van der Waals surface area contributed by atoms with Crippen LogP contribution in [0.4, 0.5) is 5.69 Å². The maximum Gasteiger partial charge on any atom is 0.292 e. The SMILES string of the molecule is C#CCn1ncc(Cl)c(NC2CCCC(C)CC2)c1=O. The van der Waals surface area contributed by atoms with Crippen molar-refractivity contribution in [2.45, 2.75) is 51.6 Å². The molecular weight excluding hydrogens is 274 g/mol. The van der Waals surface area contributed by atoms with Crippen LogP contribution in [-0.2, 0) is 6.54 Å².